The van der Waals surface area contributed by atoms with Gasteiger partial charge in [-0.1, -0.05) is 34.4 Å². The lowest BCUT2D eigenvalue weighted by Gasteiger charge is -2.08. The van der Waals surface area contributed by atoms with E-state index in [1.165, 1.54) is 18.3 Å². The van der Waals surface area contributed by atoms with Crippen molar-refractivity contribution in [3.8, 4) is 0 Å². The maximum Gasteiger partial charge on any atom is 0.278 e. The van der Waals surface area contributed by atoms with Crippen molar-refractivity contribution in [3.05, 3.63) is 80.4 Å². The van der Waals surface area contributed by atoms with E-state index in [2.05, 4.69) is 20.7 Å². The number of amides is 1. The number of rotatable bonds is 6. The van der Waals surface area contributed by atoms with Gasteiger partial charge in [0.05, 0.1) is 41.4 Å². The van der Waals surface area contributed by atoms with Crippen LogP contribution in [0.2, 0.25) is 10.0 Å². The third-order valence-corrected chi connectivity index (χ3v) is 5.62. The van der Waals surface area contributed by atoms with Gasteiger partial charge in [-0.15, -0.1) is 0 Å². The largest absolute Gasteiger partial charge is 0.361 e. The summed E-state index contributed by atoms with van der Waals surface area (Å²) >= 11 is 12.1. The van der Waals surface area contributed by atoms with Crippen molar-refractivity contribution in [2.24, 2.45) is 0 Å². The molecule has 0 aliphatic carbocycles. The number of nitrogens with one attached hydrogen (secondary N) is 1. The summed E-state index contributed by atoms with van der Waals surface area (Å²) in [5.74, 6) is -0.325. The molecular formula is C21H19Cl2FN6O2. The van der Waals surface area contributed by atoms with Gasteiger partial charge < -0.3 is 9.84 Å². The second kappa shape index (κ2) is 8.76. The number of hydrogen-bond acceptors (Lipinski definition) is 5. The van der Waals surface area contributed by atoms with Crippen LogP contribution >= 0.6 is 23.2 Å². The zero-order valence-electron chi connectivity index (χ0n) is 17.5. The lowest BCUT2D eigenvalue weighted by Crippen LogP contribution is -2.17. The van der Waals surface area contributed by atoms with E-state index in [4.69, 9.17) is 27.7 Å². The third-order valence-electron chi connectivity index (χ3n) is 5.08. The lowest BCUT2D eigenvalue weighted by atomic mass is 10.1. The summed E-state index contributed by atoms with van der Waals surface area (Å²) < 4.78 is 21.9. The maximum atomic E-state index is 13.3. The van der Waals surface area contributed by atoms with Gasteiger partial charge in [0.15, 0.2) is 5.69 Å². The van der Waals surface area contributed by atoms with E-state index in [0.29, 0.717) is 44.9 Å². The highest BCUT2D eigenvalue weighted by atomic mass is 35.5. The monoisotopic (exact) mass is 476 g/mol. The summed E-state index contributed by atoms with van der Waals surface area (Å²) in [6, 6.07) is 4.21. The molecule has 1 amide bonds. The Bertz CT molecular complexity index is 1310. The SMILES string of the molecule is Cc1nn(Cc2ccc(F)cc2Cl)c(C)c1NC(=O)c1noc(C)c1Cn1cc(Cl)cn1. The van der Waals surface area contributed by atoms with Crippen LogP contribution in [0.25, 0.3) is 0 Å². The Labute approximate surface area is 192 Å². The predicted octanol–water partition coefficient (Wildman–Crippen LogP) is 4.79. The van der Waals surface area contributed by atoms with Crippen LogP contribution in [0.15, 0.2) is 35.1 Å². The first-order valence-electron chi connectivity index (χ1n) is 9.65. The van der Waals surface area contributed by atoms with Crippen molar-refractivity contribution < 1.29 is 13.7 Å². The molecule has 0 radical (unpaired) electrons. The Balaban J connectivity index is 1.57. The Morgan fingerprint density at radius 2 is 2.00 bits per heavy atom. The third kappa shape index (κ3) is 4.39. The zero-order valence-corrected chi connectivity index (χ0v) is 19.0. The fraction of sp³-hybridized carbons (Fsp3) is 0.238. The molecule has 3 aromatic heterocycles. The molecule has 0 atom stereocenters. The van der Waals surface area contributed by atoms with Crippen molar-refractivity contribution in [1.29, 1.82) is 0 Å². The molecule has 4 aromatic rings. The van der Waals surface area contributed by atoms with Gasteiger partial charge in [0, 0.05) is 16.8 Å². The second-order valence-corrected chi connectivity index (χ2v) is 8.16. The molecule has 1 N–H and O–H groups in total. The number of benzene rings is 1. The molecule has 0 aliphatic rings. The summed E-state index contributed by atoms with van der Waals surface area (Å²) in [4.78, 5) is 13.0. The average Bonchev–Trinajstić information content (AvgIpc) is 3.39. The Morgan fingerprint density at radius 1 is 1.22 bits per heavy atom. The molecule has 0 saturated heterocycles. The first kappa shape index (κ1) is 22.0. The number of aryl methyl sites for hydroxylation is 2. The molecule has 0 aliphatic heterocycles. The van der Waals surface area contributed by atoms with Crippen molar-refractivity contribution in [1.82, 2.24) is 24.7 Å². The van der Waals surface area contributed by atoms with Gasteiger partial charge >= 0.3 is 0 Å². The smallest absolute Gasteiger partial charge is 0.278 e. The van der Waals surface area contributed by atoms with E-state index in [-0.39, 0.29) is 12.2 Å². The molecule has 4 rings (SSSR count). The first-order valence-corrected chi connectivity index (χ1v) is 10.4. The molecule has 0 fully saturated rings. The standard InChI is InChI=1S/C21H19Cl2FN6O2/c1-11-19(12(2)30(27-11)8-14-4-5-16(24)6-18(14)23)26-21(31)20-17(13(3)32-28-20)10-29-9-15(22)7-25-29/h4-7,9H,8,10H2,1-3H3,(H,26,31). The molecule has 0 bridgehead atoms. The zero-order chi connectivity index (χ0) is 23.0. The van der Waals surface area contributed by atoms with Crippen LogP contribution in [-0.2, 0) is 13.1 Å². The quantitative estimate of drug-likeness (QED) is 0.432. The van der Waals surface area contributed by atoms with Crippen molar-refractivity contribution >= 4 is 34.8 Å². The van der Waals surface area contributed by atoms with Crippen LogP contribution in [0.5, 0.6) is 0 Å². The summed E-state index contributed by atoms with van der Waals surface area (Å²) in [6.45, 7) is 5.95. The van der Waals surface area contributed by atoms with Gasteiger partial charge in [0.25, 0.3) is 5.91 Å². The molecule has 166 valence electrons. The van der Waals surface area contributed by atoms with Gasteiger partial charge in [0.2, 0.25) is 0 Å². The molecule has 3 heterocycles. The minimum Gasteiger partial charge on any atom is -0.361 e. The molecule has 0 unspecified atom stereocenters. The summed E-state index contributed by atoms with van der Waals surface area (Å²) in [7, 11) is 0. The molecule has 0 spiro atoms. The molecule has 11 heteroatoms. The minimum absolute atomic E-state index is 0.155. The van der Waals surface area contributed by atoms with Crippen LogP contribution in [-0.4, -0.2) is 30.6 Å². The average molecular weight is 477 g/mol. The molecule has 32 heavy (non-hydrogen) atoms. The Morgan fingerprint density at radius 3 is 2.69 bits per heavy atom. The van der Waals surface area contributed by atoms with Crippen LogP contribution in [0.4, 0.5) is 10.1 Å². The van der Waals surface area contributed by atoms with E-state index in [0.717, 1.165) is 5.69 Å². The maximum absolute atomic E-state index is 13.3. The van der Waals surface area contributed by atoms with E-state index >= 15 is 0 Å². The van der Waals surface area contributed by atoms with Gasteiger partial charge in [-0.25, -0.2) is 4.39 Å². The van der Waals surface area contributed by atoms with Gasteiger partial charge in [-0.05, 0) is 38.5 Å². The normalized spacial score (nSPS) is 11.2. The van der Waals surface area contributed by atoms with Crippen LogP contribution in [0, 0.1) is 26.6 Å². The molecule has 8 nitrogen and oxygen atoms in total. The molecule has 0 saturated carbocycles. The van der Waals surface area contributed by atoms with E-state index < -0.39 is 11.7 Å². The second-order valence-electron chi connectivity index (χ2n) is 7.32. The number of halogens is 3. The van der Waals surface area contributed by atoms with Gasteiger partial charge in [0.1, 0.15) is 11.6 Å². The summed E-state index contributed by atoms with van der Waals surface area (Å²) in [5, 5.41) is 16.2. The van der Waals surface area contributed by atoms with E-state index in [9.17, 15) is 9.18 Å². The highest BCUT2D eigenvalue weighted by Gasteiger charge is 2.23. The van der Waals surface area contributed by atoms with Crippen LogP contribution < -0.4 is 5.32 Å². The topological polar surface area (TPSA) is 90.8 Å². The Kier molecular flexibility index (Phi) is 6.03. The fourth-order valence-electron chi connectivity index (χ4n) is 3.36. The number of carbonyl (C=O) groups is 1. The highest BCUT2D eigenvalue weighted by Crippen LogP contribution is 2.25. The lowest BCUT2D eigenvalue weighted by molar-refractivity contribution is 0.101. The number of anilines is 1. The van der Waals surface area contributed by atoms with Gasteiger partial charge in [-0.2, -0.15) is 10.2 Å². The predicted molar refractivity (Wildman–Crippen MR) is 118 cm³/mol. The minimum atomic E-state index is -0.430. The number of carbonyl (C=O) groups excluding carboxylic acids is 1. The fourth-order valence-corrected chi connectivity index (χ4v) is 3.74. The van der Waals surface area contributed by atoms with Crippen LogP contribution in [0.1, 0.15) is 38.8 Å². The first-order chi connectivity index (χ1) is 15.2. The number of aromatic nitrogens is 5. The van der Waals surface area contributed by atoms with E-state index in [1.807, 2.05) is 6.92 Å². The van der Waals surface area contributed by atoms with Crippen molar-refractivity contribution in [3.63, 3.8) is 0 Å². The molecule has 1 aromatic carbocycles. The highest BCUT2D eigenvalue weighted by molar-refractivity contribution is 6.31. The van der Waals surface area contributed by atoms with Gasteiger partial charge in [-0.3, -0.25) is 14.2 Å². The van der Waals surface area contributed by atoms with Crippen molar-refractivity contribution in [2.45, 2.75) is 33.9 Å². The molecular weight excluding hydrogens is 458 g/mol. The van der Waals surface area contributed by atoms with E-state index in [1.54, 1.807) is 35.5 Å². The number of nitrogens with zero attached hydrogens (tertiary/aromatic N) is 5. The van der Waals surface area contributed by atoms with Crippen molar-refractivity contribution in [2.75, 3.05) is 5.32 Å². The number of hydrogen-bond donors (Lipinski definition) is 1. The van der Waals surface area contributed by atoms with Crippen LogP contribution in [0.3, 0.4) is 0 Å². The summed E-state index contributed by atoms with van der Waals surface area (Å²) in [6.07, 6.45) is 3.16. The summed E-state index contributed by atoms with van der Waals surface area (Å²) in [5.41, 5.74) is 3.36. The Hall–Kier alpha value is -3.17.